The maximum absolute atomic E-state index is 3.92. The lowest BCUT2D eigenvalue weighted by Crippen LogP contribution is -2.01. The number of hydrogen-bond donors (Lipinski definition) is 0. The van der Waals surface area contributed by atoms with E-state index >= 15 is 0 Å². The van der Waals surface area contributed by atoms with Crippen LogP contribution in [0.1, 0.15) is 30.8 Å². The molecule has 0 aliphatic heterocycles. The standard InChI is InChI=1S/C18H23N/c1-7-11-12-16(8-2)18-13-14(5)15(6)19(18)17(9-3)10-4/h7-13H,2-3H2,1,4-6H3/b11-7-,16-12+,17-10+. The molecule has 0 saturated carbocycles. The molecule has 0 radical (unpaired) electrons. The van der Waals surface area contributed by atoms with Crippen LogP contribution in [0.5, 0.6) is 0 Å². The predicted octanol–water partition coefficient (Wildman–Crippen LogP) is 5.30. The first kappa shape index (κ1) is 15.0. The zero-order chi connectivity index (χ0) is 14.4. The Hall–Kier alpha value is -2.02. The molecule has 0 N–H and O–H groups in total. The van der Waals surface area contributed by atoms with Gasteiger partial charge < -0.3 is 4.57 Å². The van der Waals surface area contributed by atoms with E-state index in [0.717, 1.165) is 17.0 Å². The Morgan fingerprint density at radius 3 is 2.32 bits per heavy atom. The summed E-state index contributed by atoms with van der Waals surface area (Å²) in [5, 5.41) is 0. The van der Waals surface area contributed by atoms with E-state index in [9.17, 15) is 0 Å². The van der Waals surface area contributed by atoms with Gasteiger partial charge in [-0.3, -0.25) is 0 Å². The van der Waals surface area contributed by atoms with E-state index in [1.54, 1.807) is 0 Å². The minimum Gasteiger partial charge on any atom is -0.314 e. The van der Waals surface area contributed by atoms with Gasteiger partial charge in [0, 0.05) is 11.4 Å². The Labute approximate surface area is 117 Å². The molecule has 0 amide bonds. The average molecular weight is 253 g/mol. The van der Waals surface area contributed by atoms with Crippen molar-refractivity contribution in [2.75, 3.05) is 0 Å². The lowest BCUT2D eigenvalue weighted by molar-refractivity contribution is 1.02. The van der Waals surface area contributed by atoms with Crippen molar-refractivity contribution >= 4 is 11.3 Å². The van der Waals surface area contributed by atoms with E-state index in [2.05, 4.69) is 49.8 Å². The minimum absolute atomic E-state index is 1.09. The van der Waals surface area contributed by atoms with Crippen molar-refractivity contribution in [3.63, 3.8) is 0 Å². The van der Waals surface area contributed by atoms with Gasteiger partial charge in [-0.15, -0.1) is 0 Å². The van der Waals surface area contributed by atoms with Gasteiger partial charge in [-0.1, -0.05) is 43.5 Å². The van der Waals surface area contributed by atoms with Gasteiger partial charge in [-0.2, -0.15) is 0 Å². The Balaban J connectivity index is 3.56. The lowest BCUT2D eigenvalue weighted by atomic mass is 10.1. The number of nitrogens with zero attached hydrogens (tertiary/aromatic N) is 1. The van der Waals surface area contributed by atoms with Gasteiger partial charge in [0.2, 0.25) is 0 Å². The van der Waals surface area contributed by atoms with Gasteiger partial charge in [0.1, 0.15) is 0 Å². The fourth-order valence-corrected chi connectivity index (χ4v) is 2.07. The first-order valence-electron chi connectivity index (χ1n) is 6.54. The van der Waals surface area contributed by atoms with E-state index in [0.29, 0.717) is 0 Å². The van der Waals surface area contributed by atoms with Gasteiger partial charge in [0.15, 0.2) is 0 Å². The quantitative estimate of drug-likeness (QED) is 0.628. The van der Waals surface area contributed by atoms with Gasteiger partial charge in [-0.25, -0.2) is 0 Å². The predicted molar refractivity (Wildman–Crippen MR) is 87.0 cm³/mol. The summed E-state index contributed by atoms with van der Waals surface area (Å²) in [5.74, 6) is 0. The Bertz CT molecular complexity index is 563. The number of aryl methyl sites for hydroxylation is 1. The van der Waals surface area contributed by atoms with Gasteiger partial charge in [-0.05, 0) is 51.0 Å². The number of rotatable bonds is 5. The van der Waals surface area contributed by atoms with Crippen molar-refractivity contribution in [3.05, 3.63) is 72.6 Å². The lowest BCUT2D eigenvalue weighted by Gasteiger charge is -2.13. The Morgan fingerprint density at radius 1 is 1.16 bits per heavy atom. The first-order valence-corrected chi connectivity index (χ1v) is 6.54. The van der Waals surface area contributed by atoms with Crippen molar-refractivity contribution in [1.29, 1.82) is 0 Å². The summed E-state index contributed by atoms with van der Waals surface area (Å²) in [5.41, 5.74) is 5.85. The van der Waals surface area contributed by atoms with Crippen LogP contribution in [0.4, 0.5) is 0 Å². The highest BCUT2D eigenvalue weighted by molar-refractivity contribution is 5.77. The van der Waals surface area contributed by atoms with Gasteiger partial charge >= 0.3 is 0 Å². The molecule has 0 aliphatic rings. The van der Waals surface area contributed by atoms with Crippen LogP contribution in [0.3, 0.4) is 0 Å². The molecule has 0 spiro atoms. The highest BCUT2D eigenvalue weighted by Crippen LogP contribution is 2.26. The van der Waals surface area contributed by atoms with E-state index in [1.807, 2.05) is 38.2 Å². The fraction of sp³-hybridized carbons (Fsp3) is 0.222. The smallest absolute Gasteiger partial charge is 0.0533 e. The summed E-state index contributed by atoms with van der Waals surface area (Å²) in [7, 11) is 0. The van der Waals surface area contributed by atoms with Crippen LogP contribution in [0, 0.1) is 13.8 Å². The molecule has 1 nitrogen and oxygen atoms in total. The third kappa shape index (κ3) is 3.05. The van der Waals surface area contributed by atoms with E-state index < -0.39 is 0 Å². The molecule has 1 heteroatoms. The third-order valence-electron chi connectivity index (χ3n) is 3.25. The molecule has 0 bridgehead atoms. The van der Waals surface area contributed by atoms with Crippen molar-refractivity contribution in [1.82, 2.24) is 4.57 Å². The van der Waals surface area contributed by atoms with Crippen molar-refractivity contribution in [2.24, 2.45) is 0 Å². The largest absolute Gasteiger partial charge is 0.314 e. The molecule has 0 saturated heterocycles. The normalized spacial score (nSPS) is 13.1. The monoisotopic (exact) mass is 253 g/mol. The van der Waals surface area contributed by atoms with Crippen molar-refractivity contribution in [2.45, 2.75) is 27.7 Å². The van der Waals surface area contributed by atoms with Crippen LogP contribution >= 0.6 is 0 Å². The number of hydrogen-bond acceptors (Lipinski definition) is 0. The van der Waals surface area contributed by atoms with Crippen molar-refractivity contribution in [3.8, 4) is 0 Å². The summed E-state index contributed by atoms with van der Waals surface area (Å²) in [4.78, 5) is 0. The Kier molecular flexibility index (Phi) is 5.37. The summed E-state index contributed by atoms with van der Waals surface area (Å²) in [6, 6.07) is 2.19. The maximum atomic E-state index is 3.92. The molecule has 0 fully saturated rings. The van der Waals surface area contributed by atoms with Gasteiger partial charge in [0.25, 0.3) is 0 Å². The number of allylic oxidation sites excluding steroid dienone is 8. The zero-order valence-corrected chi connectivity index (χ0v) is 12.4. The average Bonchev–Trinajstić information content (AvgIpc) is 2.70. The molecule has 1 rings (SSSR count). The molecule has 1 heterocycles. The first-order chi connectivity index (χ1) is 9.10. The maximum Gasteiger partial charge on any atom is 0.0533 e. The molecule has 0 aromatic carbocycles. The van der Waals surface area contributed by atoms with Crippen LogP contribution in [-0.2, 0) is 0 Å². The van der Waals surface area contributed by atoms with E-state index in [-0.39, 0.29) is 0 Å². The van der Waals surface area contributed by atoms with Crippen molar-refractivity contribution < 1.29 is 0 Å². The topological polar surface area (TPSA) is 4.93 Å². The SMILES string of the molecule is C=C/C(=C\C=C/C)c1cc(C)c(C)n1/C(C=C)=C/C. The zero-order valence-electron chi connectivity index (χ0n) is 12.4. The molecule has 1 aromatic rings. The summed E-state index contributed by atoms with van der Waals surface area (Å²) in [6.45, 7) is 16.1. The number of aromatic nitrogens is 1. The Morgan fingerprint density at radius 2 is 1.84 bits per heavy atom. The second-order valence-electron chi connectivity index (χ2n) is 4.40. The van der Waals surface area contributed by atoms with Crippen LogP contribution in [0.15, 0.2) is 55.7 Å². The molecular formula is C18H23N. The van der Waals surface area contributed by atoms with Gasteiger partial charge in [0.05, 0.1) is 5.69 Å². The van der Waals surface area contributed by atoms with Crippen LogP contribution in [0.2, 0.25) is 0 Å². The van der Waals surface area contributed by atoms with Crippen LogP contribution in [-0.4, -0.2) is 4.57 Å². The molecular weight excluding hydrogens is 230 g/mol. The van der Waals surface area contributed by atoms with Crippen LogP contribution in [0.25, 0.3) is 11.3 Å². The summed E-state index contributed by atoms with van der Waals surface area (Å²) >= 11 is 0. The fourth-order valence-electron chi connectivity index (χ4n) is 2.07. The molecule has 0 unspecified atom stereocenters. The van der Waals surface area contributed by atoms with E-state index in [4.69, 9.17) is 0 Å². The molecule has 0 aliphatic carbocycles. The second-order valence-corrected chi connectivity index (χ2v) is 4.40. The summed E-state index contributed by atoms with van der Waals surface area (Å²) in [6.07, 6.45) is 12.0. The molecule has 0 atom stereocenters. The second kappa shape index (κ2) is 6.79. The third-order valence-corrected chi connectivity index (χ3v) is 3.25. The minimum atomic E-state index is 1.09. The molecule has 19 heavy (non-hydrogen) atoms. The highest BCUT2D eigenvalue weighted by Gasteiger charge is 2.12. The molecule has 1 aromatic heterocycles. The molecule has 100 valence electrons. The summed E-state index contributed by atoms with van der Waals surface area (Å²) < 4.78 is 2.22. The highest BCUT2D eigenvalue weighted by atomic mass is 15.0. The van der Waals surface area contributed by atoms with E-state index in [1.165, 1.54) is 11.3 Å². The van der Waals surface area contributed by atoms with Crippen LogP contribution < -0.4 is 0 Å².